The van der Waals surface area contributed by atoms with Gasteiger partial charge in [0.25, 0.3) is 11.3 Å². The van der Waals surface area contributed by atoms with Crippen LogP contribution in [0, 0.1) is 6.92 Å². The molecule has 0 atom stereocenters. The Kier molecular flexibility index (Phi) is 3.49. The van der Waals surface area contributed by atoms with Crippen LogP contribution in [0.5, 0.6) is 5.75 Å². The standard InChI is InChI=1S/C18H17N5O2/c1-4-22-9-8-14-15(17(22)24)16(12-6-5-7-13(10-12)25-3)23-18(20-14)19-11(2)21-23/h5-10H,4H2,1-3H3. The molecule has 1 aromatic carbocycles. The molecule has 4 rings (SSSR count). The van der Waals surface area contributed by atoms with Gasteiger partial charge in [-0.05, 0) is 32.0 Å². The van der Waals surface area contributed by atoms with E-state index in [-0.39, 0.29) is 5.56 Å². The highest BCUT2D eigenvalue weighted by molar-refractivity contribution is 5.93. The van der Waals surface area contributed by atoms with Crippen LogP contribution in [-0.2, 0) is 6.54 Å². The van der Waals surface area contributed by atoms with E-state index in [0.717, 1.165) is 5.56 Å². The molecule has 7 heteroatoms. The van der Waals surface area contributed by atoms with E-state index in [2.05, 4.69) is 15.1 Å². The molecule has 0 aliphatic rings. The number of benzene rings is 1. The molecule has 0 aliphatic heterocycles. The Morgan fingerprint density at radius 3 is 2.80 bits per heavy atom. The summed E-state index contributed by atoms with van der Waals surface area (Å²) >= 11 is 0. The van der Waals surface area contributed by atoms with Crippen molar-refractivity contribution in [3.8, 4) is 17.0 Å². The molecule has 0 bridgehead atoms. The second-order valence-electron chi connectivity index (χ2n) is 5.73. The van der Waals surface area contributed by atoms with Gasteiger partial charge in [0, 0.05) is 18.3 Å². The van der Waals surface area contributed by atoms with Crippen LogP contribution < -0.4 is 10.3 Å². The fraction of sp³-hybridized carbons (Fsp3) is 0.222. The van der Waals surface area contributed by atoms with Crippen LogP contribution >= 0.6 is 0 Å². The number of hydrogen-bond donors (Lipinski definition) is 0. The highest BCUT2D eigenvalue weighted by atomic mass is 16.5. The number of fused-ring (bicyclic) bond motifs is 2. The molecule has 0 saturated carbocycles. The summed E-state index contributed by atoms with van der Waals surface area (Å²) < 4.78 is 8.63. The Hall–Kier alpha value is -3.22. The summed E-state index contributed by atoms with van der Waals surface area (Å²) in [5.74, 6) is 1.78. The number of aryl methyl sites for hydroxylation is 2. The topological polar surface area (TPSA) is 74.3 Å². The number of ether oxygens (including phenoxy) is 1. The summed E-state index contributed by atoms with van der Waals surface area (Å²) in [6.45, 7) is 4.32. The van der Waals surface area contributed by atoms with Crippen molar-refractivity contribution in [1.29, 1.82) is 0 Å². The van der Waals surface area contributed by atoms with E-state index in [1.165, 1.54) is 0 Å². The molecular weight excluding hydrogens is 318 g/mol. The van der Waals surface area contributed by atoms with Crippen LogP contribution in [0.15, 0.2) is 41.3 Å². The van der Waals surface area contributed by atoms with Crippen molar-refractivity contribution in [2.45, 2.75) is 20.4 Å². The quantitative estimate of drug-likeness (QED) is 0.575. The zero-order valence-electron chi connectivity index (χ0n) is 14.2. The third kappa shape index (κ3) is 2.36. The molecule has 3 aromatic heterocycles. The van der Waals surface area contributed by atoms with Crippen LogP contribution in [-0.4, -0.2) is 31.3 Å². The van der Waals surface area contributed by atoms with E-state index in [1.807, 2.05) is 37.3 Å². The van der Waals surface area contributed by atoms with Crippen molar-refractivity contribution < 1.29 is 4.74 Å². The molecule has 0 amide bonds. The third-order valence-corrected chi connectivity index (χ3v) is 4.19. The minimum Gasteiger partial charge on any atom is -0.497 e. The van der Waals surface area contributed by atoms with Gasteiger partial charge in [0.1, 0.15) is 11.6 Å². The van der Waals surface area contributed by atoms with Gasteiger partial charge in [-0.1, -0.05) is 12.1 Å². The van der Waals surface area contributed by atoms with Crippen molar-refractivity contribution in [2.24, 2.45) is 0 Å². The van der Waals surface area contributed by atoms with Crippen LogP contribution in [0.25, 0.3) is 27.9 Å². The predicted octanol–water partition coefficient (Wildman–Crippen LogP) is 2.44. The first-order valence-electron chi connectivity index (χ1n) is 8.03. The summed E-state index contributed by atoms with van der Waals surface area (Å²) in [6.07, 6.45) is 1.76. The summed E-state index contributed by atoms with van der Waals surface area (Å²) in [4.78, 5) is 21.9. The molecule has 0 N–H and O–H groups in total. The van der Waals surface area contributed by atoms with Crippen molar-refractivity contribution in [2.75, 3.05) is 7.11 Å². The monoisotopic (exact) mass is 335 g/mol. The van der Waals surface area contributed by atoms with Crippen molar-refractivity contribution in [3.05, 3.63) is 52.7 Å². The molecule has 126 valence electrons. The summed E-state index contributed by atoms with van der Waals surface area (Å²) in [6, 6.07) is 9.40. The Morgan fingerprint density at radius 2 is 2.04 bits per heavy atom. The average Bonchev–Trinajstić information content (AvgIpc) is 3.00. The maximum Gasteiger partial charge on any atom is 0.262 e. The van der Waals surface area contributed by atoms with Gasteiger partial charge in [0.2, 0.25) is 0 Å². The van der Waals surface area contributed by atoms with Crippen LogP contribution in [0.2, 0.25) is 0 Å². The molecule has 25 heavy (non-hydrogen) atoms. The first-order chi connectivity index (χ1) is 12.1. The molecule has 0 fully saturated rings. The molecule has 0 spiro atoms. The van der Waals surface area contributed by atoms with Crippen molar-refractivity contribution >= 4 is 16.7 Å². The number of hydrogen-bond acceptors (Lipinski definition) is 5. The van der Waals surface area contributed by atoms with Crippen LogP contribution in [0.3, 0.4) is 0 Å². The lowest BCUT2D eigenvalue weighted by molar-refractivity contribution is 0.415. The summed E-state index contributed by atoms with van der Waals surface area (Å²) in [5, 5.41) is 4.97. The Labute approximate surface area is 143 Å². The fourth-order valence-electron chi connectivity index (χ4n) is 3.01. The molecule has 0 saturated heterocycles. The Balaban J connectivity index is 2.22. The zero-order chi connectivity index (χ0) is 17.6. The van der Waals surface area contributed by atoms with E-state index in [1.54, 1.807) is 29.3 Å². The van der Waals surface area contributed by atoms with E-state index >= 15 is 0 Å². The normalized spacial score (nSPS) is 11.3. The lowest BCUT2D eigenvalue weighted by atomic mass is 10.1. The lowest BCUT2D eigenvalue weighted by Crippen LogP contribution is -2.20. The van der Waals surface area contributed by atoms with Crippen molar-refractivity contribution in [1.82, 2.24) is 24.1 Å². The van der Waals surface area contributed by atoms with Gasteiger partial charge in [-0.2, -0.15) is 9.50 Å². The largest absolute Gasteiger partial charge is 0.497 e. The van der Waals surface area contributed by atoms with Crippen LogP contribution in [0.4, 0.5) is 0 Å². The molecule has 4 aromatic rings. The van der Waals surface area contributed by atoms with Gasteiger partial charge in [-0.15, -0.1) is 5.10 Å². The molecule has 3 heterocycles. The highest BCUT2D eigenvalue weighted by Gasteiger charge is 2.18. The number of rotatable bonds is 3. The second-order valence-corrected chi connectivity index (χ2v) is 5.73. The molecular formula is C18H17N5O2. The smallest absolute Gasteiger partial charge is 0.262 e. The molecule has 0 radical (unpaired) electrons. The maximum atomic E-state index is 13.0. The third-order valence-electron chi connectivity index (χ3n) is 4.19. The van der Waals surface area contributed by atoms with Gasteiger partial charge in [-0.3, -0.25) is 4.79 Å². The summed E-state index contributed by atoms with van der Waals surface area (Å²) in [5.41, 5.74) is 2.01. The summed E-state index contributed by atoms with van der Waals surface area (Å²) in [7, 11) is 1.61. The first kappa shape index (κ1) is 15.3. The van der Waals surface area contributed by atoms with Gasteiger partial charge in [-0.25, -0.2) is 4.98 Å². The van der Waals surface area contributed by atoms with E-state index < -0.39 is 0 Å². The highest BCUT2D eigenvalue weighted by Crippen LogP contribution is 2.28. The predicted molar refractivity (Wildman–Crippen MR) is 94.9 cm³/mol. The lowest BCUT2D eigenvalue weighted by Gasteiger charge is -2.11. The van der Waals surface area contributed by atoms with Gasteiger partial charge in [0.15, 0.2) is 0 Å². The average molecular weight is 335 g/mol. The van der Waals surface area contributed by atoms with E-state index in [0.29, 0.717) is 40.5 Å². The SMILES string of the molecule is CCn1ccc2nc3nc(C)nn3c(-c3cccc(OC)c3)c2c1=O. The zero-order valence-corrected chi connectivity index (χ0v) is 14.2. The second kappa shape index (κ2) is 5.70. The van der Waals surface area contributed by atoms with Crippen molar-refractivity contribution in [3.63, 3.8) is 0 Å². The number of pyridine rings is 1. The van der Waals surface area contributed by atoms with E-state index in [4.69, 9.17) is 4.74 Å². The van der Waals surface area contributed by atoms with Crippen LogP contribution in [0.1, 0.15) is 12.7 Å². The first-order valence-corrected chi connectivity index (χ1v) is 8.03. The number of methoxy groups -OCH3 is 1. The number of aromatic nitrogens is 5. The molecule has 0 aliphatic carbocycles. The minimum atomic E-state index is -0.0969. The van der Waals surface area contributed by atoms with E-state index in [9.17, 15) is 4.79 Å². The molecule has 0 unspecified atom stereocenters. The Morgan fingerprint density at radius 1 is 1.20 bits per heavy atom. The number of nitrogens with zero attached hydrogens (tertiary/aromatic N) is 5. The molecule has 7 nitrogen and oxygen atoms in total. The minimum absolute atomic E-state index is 0.0969. The van der Waals surface area contributed by atoms with Gasteiger partial charge < -0.3 is 9.30 Å². The maximum absolute atomic E-state index is 13.0. The fourth-order valence-corrected chi connectivity index (χ4v) is 3.01. The Bertz CT molecular complexity index is 1160. The van der Waals surface area contributed by atoms with Gasteiger partial charge in [0.05, 0.1) is 23.7 Å². The van der Waals surface area contributed by atoms with Gasteiger partial charge >= 0.3 is 0 Å².